The van der Waals surface area contributed by atoms with Crippen LogP contribution in [0, 0.1) is 5.92 Å². The average molecular weight is 437 g/mol. The van der Waals surface area contributed by atoms with Crippen LogP contribution in [-0.4, -0.2) is 46.0 Å². The Balaban J connectivity index is 1.72. The van der Waals surface area contributed by atoms with Gasteiger partial charge in [-0.1, -0.05) is 63.4 Å². The summed E-state index contributed by atoms with van der Waals surface area (Å²) in [5.41, 5.74) is 0.865. The third-order valence-corrected chi connectivity index (χ3v) is 8.03. The summed E-state index contributed by atoms with van der Waals surface area (Å²) in [6.07, 6.45) is 6.86. The molecule has 1 aliphatic carbocycles. The van der Waals surface area contributed by atoms with E-state index in [1.807, 2.05) is 36.9 Å². The zero-order chi connectivity index (χ0) is 22.0. The normalized spacial score (nSPS) is 22.8. The summed E-state index contributed by atoms with van der Waals surface area (Å²) in [6, 6.07) is 10.2. The minimum atomic E-state index is -0.425. The molecule has 5 heteroatoms. The van der Waals surface area contributed by atoms with E-state index in [9.17, 15) is 15.0 Å². The summed E-state index contributed by atoms with van der Waals surface area (Å²) in [4.78, 5) is 11.4. The van der Waals surface area contributed by atoms with E-state index in [0.717, 1.165) is 50.5 Å². The predicted molar refractivity (Wildman–Crippen MR) is 125 cm³/mol. The largest absolute Gasteiger partial charge is 0.466 e. The van der Waals surface area contributed by atoms with Crippen LogP contribution in [-0.2, 0) is 14.9 Å². The first-order valence-electron chi connectivity index (χ1n) is 11.5. The second kappa shape index (κ2) is 12.7. The number of esters is 1. The standard InChI is InChI=1S/C25H40O4S/c1-4-29-24(28)15-11-6-5-10-14-20-21(26)16-17-22(20)30-18-23(27)25(2,3)19-12-8-7-9-13-19/h7-9,12-13,20-23,26-27H,4-6,10-11,14-18H2,1-3H3. The minimum Gasteiger partial charge on any atom is -0.466 e. The first-order chi connectivity index (χ1) is 14.4. The number of carbonyl (C=O) groups is 1. The van der Waals surface area contributed by atoms with Crippen molar-refractivity contribution >= 4 is 17.7 Å². The van der Waals surface area contributed by atoms with Crippen LogP contribution in [0.15, 0.2) is 30.3 Å². The van der Waals surface area contributed by atoms with Crippen LogP contribution >= 0.6 is 11.8 Å². The van der Waals surface area contributed by atoms with E-state index in [0.29, 0.717) is 29.9 Å². The highest BCUT2D eigenvalue weighted by Gasteiger charge is 2.36. The molecule has 1 aromatic rings. The molecule has 2 rings (SSSR count). The van der Waals surface area contributed by atoms with E-state index < -0.39 is 6.10 Å². The van der Waals surface area contributed by atoms with Crippen LogP contribution < -0.4 is 0 Å². The first kappa shape index (κ1) is 25.2. The van der Waals surface area contributed by atoms with Gasteiger partial charge in [-0.2, -0.15) is 11.8 Å². The van der Waals surface area contributed by atoms with Gasteiger partial charge in [-0.05, 0) is 44.1 Å². The fourth-order valence-electron chi connectivity index (χ4n) is 4.32. The lowest BCUT2D eigenvalue weighted by Gasteiger charge is -2.32. The molecule has 1 aromatic carbocycles. The zero-order valence-corrected chi connectivity index (χ0v) is 19.7. The van der Waals surface area contributed by atoms with Crippen LogP contribution in [0.1, 0.15) is 77.7 Å². The molecule has 0 heterocycles. The van der Waals surface area contributed by atoms with Crippen molar-refractivity contribution in [3.05, 3.63) is 35.9 Å². The molecule has 1 aliphatic rings. The topological polar surface area (TPSA) is 66.8 Å². The van der Waals surface area contributed by atoms with E-state index in [4.69, 9.17) is 4.74 Å². The average Bonchev–Trinajstić information content (AvgIpc) is 3.09. The molecule has 0 spiro atoms. The second-order valence-corrected chi connectivity index (χ2v) is 10.3. The number of thioether (sulfide) groups is 1. The molecule has 4 atom stereocenters. The maximum Gasteiger partial charge on any atom is 0.305 e. The number of aliphatic hydroxyl groups is 2. The summed E-state index contributed by atoms with van der Waals surface area (Å²) in [6.45, 7) is 6.49. The molecule has 1 fully saturated rings. The molecule has 4 nitrogen and oxygen atoms in total. The van der Waals surface area contributed by atoms with Gasteiger partial charge in [0.2, 0.25) is 0 Å². The lowest BCUT2D eigenvalue weighted by molar-refractivity contribution is -0.143. The number of carbonyl (C=O) groups excluding carboxylic acids is 1. The lowest BCUT2D eigenvalue weighted by atomic mass is 9.80. The van der Waals surface area contributed by atoms with Crippen LogP contribution in [0.5, 0.6) is 0 Å². The molecule has 0 aliphatic heterocycles. The van der Waals surface area contributed by atoms with Crippen molar-refractivity contribution in [3.63, 3.8) is 0 Å². The first-order valence-corrected chi connectivity index (χ1v) is 12.6. The number of ether oxygens (including phenoxy) is 1. The number of aliphatic hydroxyl groups excluding tert-OH is 2. The van der Waals surface area contributed by atoms with Gasteiger partial charge in [0.25, 0.3) is 0 Å². The predicted octanol–water partition coefficient (Wildman–Crippen LogP) is 5.10. The van der Waals surface area contributed by atoms with Crippen molar-refractivity contribution in [1.82, 2.24) is 0 Å². The minimum absolute atomic E-state index is 0.0998. The summed E-state index contributed by atoms with van der Waals surface area (Å²) in [7, 11) is 0. The van der Waals surface area contributed by atoms with Gasteiger partial charge in [0.1, 0.15) is 0 Å². The van der Waals surface area contributed by atoms with Crippen molar-refractivity contribution in [1.29, 1.82) is 0 Å². The Kier molecular flexibility index (Phi) is 10.7. The molecule has 30 heavy (non-hydrogen) atoms. The molecule has 0 amide bonds. The van der Waals surface area contributed by atoms with Crippen LogP contribution in [0.2, 0.25) is 0 Å². The van der Waals surface area contributed by atoms with E-state index in [1.165, 1.54) is 0 Å². The van der Waals surface area contributed by atoms with E-state index >= 15 is 0 Å². The lowest BCUT2D eigenvalue weighted by Crippen LogP contribution is -2.36. The van der Waals surface area contributed by atoms with Crippen LogP contribution in [0.3, 0.4) is 0 Å². The maximum absolute atomic E-state index is 11.4. The molecule has 0 saturated heterocycles. The van der Waals surface area contributed by atoms with Crippen LogP contribution in [0.4, 0.5) is 0 Å². The van der Waals surface area contributed by atoms with Gasteiger partial charge in [-0.3, -0.25) is 4.79 Å². The number of hydrogen-bond acceptors (Lipinski definition) is 5. The highest BCUT2D eigenvalue weighted by atomic mass is 32.2. The van der Waals surface area contributed by atoms with Gasteiger partial charge in [0.15, 0.2) is 0 Å². The van der Waals surface area contributed by atoms with Gasteiger partial charge < -0.3 is 14.9 Å². The number of rotatable bonds is 13. The number of benzene rings is 1. The number of unbranched alkanes of at least 4 members (excludes halogenated alkanes) is 3. The second-order valence-electron chi connectivity index (χ2n) is 9.04. The van der Waals surface area contributed by atoms with E-state index in [2.05, 4.69) is 26.0 Å². The van der Waals surface area contributed by atoms with Gasteiger partial charge in [-0.25, -0.2) is 0 Å². The summed E-state index contributed by atoms with van der Waals surface area (Å²) < 4.78 is 4.96. The third kappa shape index (κ3) is 7.58. The molecule has 0 radical (unpaired) electrons. The fourth-order valence-corrected chi connectivity index (χ4v) is 6.03. The quantitative estimate of drug-likeness (QED) is 0.333. The molecular weight excluding hydrogens is 396 g/mol. The summed E-state index contributed by atoms with van der Waals surface area (Å²) in [5, 5.41) is 21.8. The van der Waals surface area contributed by atoms with E-state index in [1.54, 1.807) is 0 Å². The van der Waals surface area contributed by atoms with Crippen molar-refractivity contribution in [3.8, 4) is 0 Å². The van der Waals surface area contributed by atoms with E-state index in [-0.39, 0.29) is 17.5 Å². The highest BCUT2D eigenvalue weighted by molar-refractivity contribution is 7.99. The molecule has 0 aromatic heterocycles. The smallest absolute Gasteiger partial charge is 0.305 e. The van der Waals surface area contributed by atoms with Crippen molar-refractivity contribution < 1.29 is 19.7 Å². The molecule has 0 bridgehead atoms. The Morgan fingerprint density at radius 3 is 2.57 bits per heavy atom. The SMILES string of the molecule is CCOC(=O)CCCCCCC1C(O)CCC1SCC(O)C(C)(C)c1ccccc1. The monoisotopic (exact) mass is 436 g/mol. The molecule has 2 N–H and O–H groups in total. The Labute approximate surface area is 186 Å². The Morgan fingerprint density at radius 1 is 1.17 bits per heavy atom. The molecule has 170 valence electrons. The molecule has 4 unspecified atom stereocenters. The van der Waals surface area contributed by atoms with Gasteiger partial charge in [-0.15, -0.1) is 0 Å². The van der Waals surface area contributed by atoms with Crippen molar-refractivity contribution in [2.24, 2.45) is 5.92 Å². The maximum atomic E-state index is 11.4. The van der Waals surface area contributed by atoms with Crippen molar-refractivity contribution in [2.45, 2.75) is 95.0 Å². The fraction of sp³-hybridized carbons (Fsp3) is 0.720. The zero-order valence-electron chi connectivity index (χ0n) is 18.9. The molecular formula is C25H40O4S. The third-order valence-electron chi connectivity index (χ3n) is 6.51. The Morgan fingerprint density at radius 2 is 1.87 bits per heavy atom. The summed E-state index contributed by atoms with van der Waals surface area (Å²) >= 11 is 1.83. The van der Waals surface area contributed by atoms with Crippen LogP contribution in [0.25, 0.3) is 0 Å². The van der Waals surface area contributed by atoms with Crippen molar-refractivity contribution in [2.75, 3.05) is 12.4 Å². The number of hydrogen-bond donors (Lipinski definition) is 2. The summed E-state index contributed by atoms with van der Waals surface area (Å²) in [5.74, 6) is 0.902. The highest BCUT2D eigenvalue weighted by Crippen LogP contribution is 2.40. The van der Waals surface area contributed by atoms with Gasteiger partial charge >= 0.3 is 5.97 Å². The van der Waals surface area contributed by atoms with Gasteiger partial charge in [0, 0.05) is 22.8 Å². The van der Waals surface area contributed by atoms with Gasteiger partial charge in [0.05, 0.1) is 18.8 Å². The Bertz CT molecular complexity index is 619. The Hall–Kier alpha value is -1.04. The molecule has 1 saturated carbocycles.